The molecule has 0 saturated heterocycles. The molecule has 1 atom stereocenters. The molecule has 0 heterocycles. The highest BCUT2D eigenvalue weighted by atomic mass is 35.5. The Morgan fingerprint density at radius 3 is 2.40 bits per heavy atom. The Balaban J connectivity index is 2.42. The Labute approximate surface area is 125 Å². The molecule has 0 N–H and O–H groups in total. The average molecular weight is 308 g/mol. The van der Waals surface area contributed by atoms with Crippen molar-refractivity contribution in [3.05, 3.63) is 69.5 Å². The van der Waals surface area contributed by atoms with Gasteiger partial charge in [-0.1, -0.05) is 35.3 Å². The number of hydrogen-bond donors (Lipinski definition) is 0. The van der Waals surface area contributed by atoms with Gasteiger partial charge in [-0.25, -0.2) is 4.39 Å². The van der Waals surface area contributed by atoms with E-state index in [-0.39, 0.29) is 10.6 Å². The van der Waals surface area contributed by atoms with E-state index in [1.54, 1.807) is 6.07 Å². The van der Waals surface area contributed by atoms with E-state index in [0.717, 1.165) is 0 Å². The Hall–Kier alpha value is -1.89. The second kappa shape index (κ2) is 6.04. The lowest BCUT2D eigenvalue weighted by Gasteiger charge is -2.10. The van der Waals surface area contributed by atoms with Gasteiger partial charge in [-0.15, -0.1) is 0 Å². The molecule has 0 radical (unpaired) electrons. The van der Waals surface area contributed by atoms with E-state index in [1.165, 1.54) is 36.4 Å². The molecule has 2 aromatic rings. The largest absolute Gasteiger partial charge is 0.292 e. The molecule has 2 nitrogen and oxygen atoms in total. The van der Waals surface area contributed by atoms with Gasteiger partial charge in [-0.2, -0.15) is 5.26 Å². The molecule has 0 saturated carbocycles. The highest BCUT2D eigenvalue weighted by molar-refractivity contribution is 6.36. The summed E-state index contributed by atoms with van der Waals surface area (Å²) in [4.78, 5) is 12.4. The van der Waals surface area contributed by atoms with E-state index in [0.29, 0.717) is 10.6 Å². The molecular formula is C15H8Cl2FNO. The molecule has 0 aromatic heterocycles. The van der Waals surface area contributed by atoms with Gasteiger partial charge in [0.25, 0.3) is 0 Å². The van der Waals surface area contributed by atoms with Crippen molar-refractivity contribution in [3.63, 3.8) is 0 Å². The van der Waals surface area contributed by atoms with Crippen molar-refractivity contribution in [2.24, 2.45) is 0 Å². The maximum absolute atomic E-state index is 12.9. The van der Waals surface area contributed by atoms with Crippen LogP contribution in [0.15, 0.2) is 42.5 Å². The second-order valence-corrected chi connectivity index (χ2v) is 4.95. The first-order valence-electron chi connectivity index (χ1n) is 5.67. The monoisotopic (exact) mass is 307 g/mol. The van der Waals surface area contributed by atoms with E-state index in [4.69, 9.17) is 23.2 Å². The van der Waals surface area contributed by atoms with Crippen LogP contribution in [-0.4, -0.2) is 5.78 Å². The summed E-state index contributed by atoms with van der Waals surface area (Å²) in [5.74, 6) is -1.95. The van der Waals surface area contributed by atoms with Crippen LogP contribution in [0, 0.1) is 17.1 Å². The summed E-state index contributed by atoms with van der Waals surface area (Å²) in [5, 5.41) is 9.78. The summed E-state index contributed by atoms with van der Waals surface area (Å²) in [6.07, 6.45) is 0. The lowest BCUT2D eigenvalue weighted by atomic mass is 9.92. The Kier molecular flexibility index (Phi) is 4.39. The van der Waals surface area contributed by atoms with Gasteiger partial charge in [0.15, 0.2) is 5.78 Å². The highest BCUT2D eigenvalue weighted by Crippen LogP contribution is 2.27. The molecule has 100 valence electrons. The number of ketones is 1. The molecule has 2 aromatic carbocycles. The van der Waals surface area contributed by atoms with Gasteiger partial charge in [0.2, 0.25) is 0 Å². The zero-order valence-electron chi connectivity index (χ0n) is 10.1. The number of rotatable bonds is 3. The number of halogens is 3. The molecule has 0 aliphatic rings. The molecule has 0 bridgehead atoms. The van der Waals surface area contributed by atoms with Gasteiger partial charge in [-0.3, -0.25) is 4.79 Å². The summed E-state index contributed by atoms with van der Waals surface area (Å²) < 4.78 is 12.9. The topological polar surface area (TPSA) is 40.9 Å². The maximum atomic E-state index is 12.9. The van der Waals surface area contributed by atoms with Crippen LogP contribution in [0.4, 0.5) is 4.39 Å². The number of carbonyl (C=O) groups is 1. The first-order chi connectivity index (χ1) is 9.52. The first-order valence-corrected chi connectivity index (χ1v) is 6.43. The van der Waals surface area contributed by atoms with Crippen molar-refractivity contribution in [3.8, 4) is 6.07 Å². The van der Waals surface area contributed by atoms with Crippen LogP contribution >= 0.6 is 23.2 Å². The summed E-state index contributed by atoms with van der Waals surface area (Å²) in [6, 6.07) is 11.6. The van der Waals surface area contributed by atoms with Crippen molar-refractivity contribution in [1.29, 1.82) is 5.26 Å². The van der Waals surface area contributed by atoms with Crippen LogP contribution in [0.2, 0.25) is 10.0 Å². The van der Waals surface area contributed by atoms with Crippen molar-refractivity contribution in [2.75, 3.05) is 0 Å². The minimum atomic E-state index is -1.05. The number of nitrogens with zero attached hydrogens (tertiary/aromatic N) is 1. The van der Waals surface area contributed by atoms with Crippen molar-refractivity contribution < 1.29 is 9.18 Å². The van der Waals surface area contributed by atoms with Crippen LogP contribution < -0.4 is 0 Å². The minimum Gasteiger partial charge on any atom is -0.292 e. The molecule has 20 heavy (non-hydrogen) atoms. The highest BCUT2D eigenvalue weighted by Gasteiger charge is 2.24. The summed E-state index contributed by atoms with van der Waals surface area (Å²) >= 11 is 11.8. The predicted molar refractivity (Wildman–Crippen MR) is 75.5 cm³/mol. The Morgan fingerprint density at radius 1 is 1.15 bits per heavy atom. The minimum absolute atomic E-state index is 0.176. The zero-order valence-corrected chi connectivity index (χ0v) is 11.6. The van der Waals surface area contributed by atoms with Crippen LogP contribution in [0.1, 0.15) is 21.8 Å². The maximum Gasteiger partial charge on any atom is 0.185 e. The second-order valence-electron chi connectivity index (χ2n) is 4.10. The van der Waals surface area contributed by atoms with E-state index in [2.05, 4.69) is 0 Å². The van der Waals surface area contributed by atoms with Crippen LogP contribution in [0.25, 0.3) is 0 Å². The first kappa shape index (κ1) is 14.5. The van der Waals surface area contributed by atoms with Crippen LogP contribution in [0.5, 0.6) is 0 Å². The third kappa shape index (κ3) is 2.98. The number of nitriles is 1. The molecule has 5 heteroatoms. The number of benzene rings is 2. The standard InChI is InChI=1S/C15H8Cl2FNO/c16-10-3-6-14(17)12(7-10)15(20)13(8-19)9-1-4-11(18)5-2-9/h1-7,13H. The summed E-state index contributed by atoms with van der Waals surface area (Å²) in [6.45, 7) is 0. The molecule has 1 unspecified atom stereocenters. The van der Waals surface area contributed by atoms with E-state index in [9.17, 15) is 14.4 Å². The molecule has 0 fully saturated rings. The van der Waals surface area contributed by atoms with Gasteiger partial charge in [0.05, 0.1) is 11.1 Å². The lowest BCUT2D eigenvalue weighted by molar-refractivity contribution is 0.0979. The van der Waals surface area contributed by atoms with Crippen LogP contribution in [0.3, 0.4) is 0 Å². The Bertz CT molecular complexity index is 692. The fraction of sp³-hybridized carbons (Fsp3) is 0.0667. The zero-order chi connectivity index (χ0) is 14.7. The predicted octanol–water partition coefficient (Wildman–Crippen LogP) is 4.62. The van der Waals surface area contributed by atoms with E-state index < -0.39 is 17.5 Å². The van der Waals surface area contributed by atoms with Gasteiger partial charge >= 0.3 is 0 Å². The third-order valence-electron chi connectivity index (χ3n) is 2.79. The van der Waals surface area contributed by atoms with Crippen molar-refractivity contribution >= 4 is 29.0 Å². The van der Waals surface area contributed by atoms with Gasteiger partial charge < -0.3 is 0 Å². The SMILES string of the molecule is N#CC(C(=O)c1cc(Cl)ccc1Cl)c1ccc(F)cc1. The number of hydrogen-bond acceptors (Lipinski definition) is 2. The number of Topliss-reactive ketones (excluding diaryl/α,β-unsaturated/α-hetero) is 1. The van der Waals surface area contributed by atoms with E-state index in [1.807, 2.05) is 6.07 Å². The molecule has 0 amide bonds. The fourth-order valence-corrected chi connectivity index (χ4v) is 2.16. The van der Waals surface area contributed by atoms with Gasteiger partial charge in [0.1, 0.15) is 11.7 Å². The van der Waals surface area contributed by atoms with E-state index >= 15 is 0 Å². The van der Waals surface area contributed by atoms with Gasteiger partial charge in [0, 0.05) is 10.6 Å². The molecular weight excluding hydrogens is 300 g/mol. The normalized spacial score (nSPS) is 11.7. The third-order valence-corrected chi connectivity index (χ3v) is 3.35. The summed E-state index contributed by atoms with van der Waals surface area (Å²) in [7, 11) is 0. The smallest absolute Gasteiger partial charge is 0.185 e. The quantitative estimate of drug-likeness (QED) is 0.776. The van der Waals surface area contributed by atoms with Crippen molar-refractivity contribution in [2.45, 2.75) is 5.92 Å². The molecule has 2 rings (SSSR count). The average Bonchev–Trinajstić information content (AvgIpc) is 2.44. The molecule has 0 spiro atoms. The van der Waals surface area contributed by atoms with Gasteiger partial charge in [-0.05, 0) is 35.9 Å². The molecule has 0 aliphatic heterocycles. The van der Waals surface area contributed by atoms with Crippen LogP contribution in [-0.2, 0) is 0 Å². The van der Waals surface area contributed by atoms with Crippen molar-refractivity contribution in [1.82, 2.24) is 0 Å². The number of carbonyl (C=O) groups excluding carboxylic acids is 1. The Morgan fingerprint density at radius 2 is 1.80 bits per heavy atom. The lowest BCUT2D eigenvalue weighted by Crippen LogP contribution is -2.12. The fourth-order valence-electron chi connectivity index (χ4n) is 1.78. The summed E-state index contributed by atoms with van der Waals surface area (Å²) in [5.41, 5.74) is 0.588. The molecule has 0 aliphatic carbocycles.